The van der Waals surface area contributed by atoms with Crippen LogP contribution >= 0.6 is 0 Å². The van der Waals surface area contributed by atoms with E-state index in [1.54, 1.807) is 0 Å². The maximum absolute atomic E-state index is 13.6. The van der Waals surface area contributed by atoms with E-state index in [0.29, 0.717) is 23.0 Å². The lowest BCUT2D eigenvalue weighted by atomic mass is 9.95. The second kappa shape index (κ2) is 9.86. The second-order valence-electron chi connectivity index (χ2n) is 8.58. The van der Waals surface area contributed by atoms with Gasteiger partial charge in [0.15, 0.2) is 5.56 Å². The van der Waals surface area contributed by atoms with Crippen molar-refractivity contribution in [2.24, 2.45) is 0 Å². The summed E-state index contributed by atoms with van der Waals surface area (Å²) in [4.78, 5) is 50.4. The van der Waals surface area contributed by atoms with E-state index in [2.05, 4.69) is 5.32 Å². The summed E-state index contributed by atoms with van der Waals surface area (Å²) in [5.74, 6) is -2.55. The van der Waals surface area contributed by atoms with Crippen molar-refractivity contribution in [3.63, 3.8) is 0 Å². The van der Waals surface area contributed by atoms with Crippen LogP contribution in [0.2, 0.25) is 0 Å². The van der Waals surface area contributed by atoms with Gasteiger partial charge >= 0.3 is 11.9 Å². The summed E-state index contributed by atoms with van der Waals surface area (Å²) in [6.45, 7) is 1.57. The van der Waals surface area contributed by atoms with Crippen LogP contribution in [0, 0.1) is 6.92 Å². The number of Topliss-reactive ketones (excluding diaryl/α,β-unsaturated/α-hetero) is 1. The van der Waals surface area contributed by atoms with Gasteiger partial charge in [-0.1, -0.05) is 37.0 Å². The molecule has 0 atom stereocenters. The second-order valence-corrected chi connectivity index (χ2v) is 8.58. The van der Waals surface area contributed by atoms with Crippen molar-refractivity contribution in [3.8, 4) is 5.88 Å². The molecule has 0 bridgehead atoms. The average molecular weight is 481 g/mol. The first-order chi connectivity index (χ1) is 15.9. The highest BCUT2D eigenvalue weighted by Gasteiger charge is 2.34. The van der Waals surface area contributed by atoms with Crippen LogP contribution in [-0.4, -0.2) is 32.5 Å². The van der Waals surface area contributed by atoms with Crippen LogP contribution in [0.3, 0.4) is 0 Å². The SMILES string of the molecule is CC(=O)CNC(=O)c1c(O)n(Cc2ccc(C)cc2C(F)(F)F)c(=O)n(C2CCCCC2)c1=O. The third kappa shape index (κ3) is 5.23. The van der Waals surface area contributed by atoms with Gasteiger partial charge in [0.2, 0.25) is 5.88 Å². The van der Waals surface area contributed by atoms with E-state index in [4.69, 9.17) is 0 Å². The van der Waals surface area contributed by atoms with Crippen LogP contribution in [0.1, 0.15) is 72.1 Å². The monoisotopic (exact) mass is 481 g/mol. The molecule has 1 saturated carbocycles. The number of aryl methyl sites for hydroxylation is 1. The summed E-state index contributed by atoms with van der Waals surface area (Å²) in [6, 6.07) is 3.00. The van der Waals surface area contributed by atoms with Gasteiger partial charge in [0.1, 0.15) is 5.78 Å². The number of nitrogens with zero attached hydrogens (tertiary/aromatic N) is 2. The molecule has 184 valence electrons. The van der Waals surface area contributed by atoms with Gasteiger partial charge in [0.05, 0.1) is 18.7 Å². The Bertz CT molecular complexity index is 1220. The Balaban J connectivity index is 2.22. The normalized spacial score (nSPS) is 14.7. The Hall–Kier alpha value is -3.37. The molecule has 0 saturated heterocycles. The highest BCUT2D eigenvalue weighted by atomic mass is 19.4. The highest BCUT2D eigenvalue weighted by Crippen LogP contribution is 2.33. The maximum Gasteiger partial charge on any atom is 0.416 e. The van der Waals surface area contributed by atoms with Crippen molar-refractivity contribution in [1.29, 1.82) is 0 Å². The number of aromatic nitrogens is 2. The molecule has 1 amide bonds. The van der Waals surface area contributed by atoms with E-state index in [-0.39, 0.29) is 5.56 Å². The molecule has 8 nitrogen and oxygen atoms in total. The van der Waals surface area contributed by atoms with Gasteiger partial charge in [-0.25, -0.2) is 4.79 Å². The van der Waals surface area contributed by atoms with Gasteiger partial charge in [-0.2, -0.15) is 13.2 Å². The highest BCUT2D eigenvalue weighted by molar-refractivity contribution is 5.97. The first kappa shape index (κ1) is 25.3. The third-order valence-corrected chi connectivity index (χ3v) is 5.91. The number of ketones is 1. The zero-order chi connectivity index (χ0) is 25.2. The number of benzene rings is 1. The predicted molar refractivity (Wildman–Crippen MR) is 117 cm³/mol. The Morgan fingerprint density at radius 3 is 2.38 bits per heavy atom. The fraction of sp³-hybridized carbons (Fsp3) is 0.478. The van der Waals surface area contributed by atoms with E-state index in [0.717, 1.165) is 29.9 Å². The van der Waals surface area contributed by atoms with Crippen molar-refractivity contribution >= 4 is 11.7 Å². The molecule has 1 fully saturated rings. The van der Waals surface area contributed by atoms with E-state index < -0.39 is 65.3 Å². The number of hydrogen-bond acceptors (Lipinski definition) is 5. The lowest BCUT2D eigenvalue weighted by molar-refractivity contribution is -0.138. The molecule has 0 radical (unpaired) electrons. The lowest BCUT2D eigenvalue weighted by Crippen LogP contribution is -2.47. The topological polar surface area (TPSA) is 110 Å². The largest absolute Gasteiger partial charge is 0.494 e. The molecule has 2 N–H and O–H groups in total. The van der Waals surface area contributed by atoms with E-state index >= 15 is 0 Å². The molecule has 2 aromatic rings. The molecule has 1 heterocycles. The summed E-state index contributed by atoms with van der Waals surface area (Å²) in [7, 11) is 0. The first-order valence-electron chi connectivity index (χ1n) is 10.9. The summed E-state index contributed by atoms with van der Waals surface area (Å²) < 4.78 is 42.4. The van der Waals surface area contributed by atoms with E-state index in [1.165, 1.54) is 26.0 Å². The number of carbonyl (C=O) groups excluding carboxylic acids is 2. The summed E-state index contributed by atoms with van der Waals surface area (Å²) >= 11 is 0. The lowest BCUT2D eigenvalue weighted by Gasteiger charge is -2.25. The smallest absolute Gasteiger partial charge is 0.416 e. The van der Waals surface area contributed by atoms with E-state index in [1.807, 2.05) is 0 Å². The van der Waals surface area contributed by atoms with Gasteiger partial charge < -0.3 is 10.4 Å². The van der Waals surface area contributed by atoms with Crippen molar-refractivity contribution in [2.75, 3.05) is 6.54 Å². The zero-order valence-corrected chi connectivity index (χ0v) is 18.9. The van der Waals surface area contributed by atoms with Crippen molar-refractivity contribution < 1.29 is 27.9 Å². The molecular formula is C23H26F3N3O5. The Kier molecular flexibility index (Phi) is 7.32. The van der Waals surface area contributed by atoms with Gasteiger partial charge in [-0.05, 0) is 38.3 Å². The molecule has 0 spiro atoms. The number of hydrogen-bond donors (Lipinski definition) is 2. The van der Waals surface area contributed by atoms with Crippen LogP contribution in [0.5, 0.6) is 5.88 Å². The Labute approximate surface area is 193 Å². The van der Waals surface area contributed by atoms with Crippen LogP contribution in [0.4, 0.5) is 13.2 Å². The molecule has 1 aliphatic carbocycles. The fourth-order valence-electron chi connectivity index (χ4n) is 4.22. The quantitative estimate of drug-likeness (QED) is 0.659. The molecule has 1 aromatic carbocycles. The number of halogens is 3. The van der Waals surface area contributed by atoms with Crippen molar-refractivity contribution in [1.82, 2.24) is 14.5 Å². The molecular weight excluding hydrogens is 455 g/mol. The number of rotatable bonds is 6. The predicted octanol–water partition coefficient (Wildman–Crippen LogP) is 2.92. The standard InChI is InChI=1S/C23H26F3N3O5/c1-13-8-9-15(17(10-13)23(24,25)26)12-28-20(32)18(19(31)27-11-14(2)30)21(33)29(22(28)34)16-6-4-3-5-7-16/h8-10,16,32H,3-7,11-12H2,1-2H3,(H,27,31). The average Bonchev–Trinajstić information content (AvgIpc) is 2.76. The van der Waals surface area contributed by atoms with E-state index in [9.17, 15) is 37.5 Å². The Morgan fingerprint density at radius 2 is 1.79 bits per heavy atom. The summed E-state index contributed by atoms with van der Waals surface area (Å²) in [5.41, 5.74) is -3.76. The number of aromatic hydroxyl groups is 1. The van der Waals surface area contributed by atoms with Crippen molar-refractivity contribution in [2.45, 2.75) is 64.7 Å². The number of carbonyl (C=O) groups is 2. The molecule has 1 aromatic heterocycles. The van der Waals surface area contributed by atoms with Crippen LogP contribution in [-0.2, 0) is 17.5 Å². The molecule has 34 heavy (non-hydrogen) atoms. The maximum atomic E-state index is 13.6. The van der Waals surface area contributed by atoms with Gasteiger partial charge in [0, 0.05) is 6.04 Å². The van der Waals surface area contributed by atoms with Crippen LogP contribution < -0.4 is 16.6 Å². The molecule has 11 heteroatoms. The first-order valence-corrected chi connectivity index (χ1v) is 10.9. The van der Waals surface area contributed by atoms with Gasteiger partial charge in [0.25, 0.3) is 11.5 Å². The van der Waals surface area contributed by atoms with Crippen LogP contribution in [0.25, 0.3) is 0 Å². The minimum absolute atomic E-state index is 0.306. The summed E-state index contributed by atoms with van der Waals surface area (Å²) in [6.07, 6.45) is -1.39. The molecule has 0 unspecified atom stereocenters. The third-order valence-electron chi connectivity index (χ3n) is 5.91. The Morgan fingerprint density at radius 1 is 1.15 bits per heavy atom. The molecule has 3 rings (SSSR count). The van der Waals surface area contributed by atoms with Gasteiger partial charge in [-0.3, -0.25) is 23.5 Å². The van der Waals surface area contributed by atoms with Gasteiger partial charge in [-0.15, -0.1) is 0 Å². The number of amides is 1. The number of alkyl halides is 3. The molecule has 1 aliphatic rings. The minimum Gasteiger partial charge on any atom is -0.494 e. The zero-order valence-electron chi connectivity index (χ0n) is 18.9. The fourth-order valence-corrected chi connectivity index (χ4v) is 4.22. The molecule has 0 aliphatic heterocycles. The summed E-state index contributed by atoms with van der Waals surface area (Å²) in [5, 5.41) is 12.9. The minimum atomic E-state index is -4.72. The van der Waals surface area contributed by atoms with Crippen LogP contribution in [0.15, 0.2) is 27.8 Å². The van der Waals surface area contributed by atoms with Crippen molar-refractivity contribution in [3.05, 3.63) is 61.3 Å². The number of nitrogens with one attached hydrogen (secondary N) is 1.